The van der Waals surface area contributed by atoms with Crippen LogP contribution in [0.1, 0.15) is 95.8 Å². The summed E-state index contributed by atoms with van der Waals surface area (Å²) in [5.41, 5.74) is 0.171. The lowest BCUT2D eigenvalue weighted by atomic mass is 10.0. The first-order valence-corrected chi connectivity index (χ1v) is 15.6. The summed E-state index contributed by atoms with van der Waals surface area (Å²) in [6.07, 6.45) is 32.7. The van der Waals surface area contributed by atoms with Gasteiger partial charge in [0.25, 0.3) is 0 Å². The highest BCUT2D eigenvalue weighted by molar-refractivity contribution is 5.94. The standard InChI is InChI=1S/C37H51NO5/c1-5-7-8-9-10-11-12-13-14-15-16-17-18-19-20-21-22-23-24-29-35(39)38-33(30-31(3)4)37(41)43-34-28-26-25-27-32(34)36(40)42-6-2/h7-8,10-11,13-14,16-17,19-20,22-23,25-28,31,33H,5-6,9,12,15,18,21,24,29-30H2,1-4H3,(H,38,39). The number of carbonyl (C=O) groups is 3. The molecule has 6 heteroatoms. The van der Waals surface area contributed by atoms with E-state index >= 15 is 0 Å². The summed E-state index contributed by atoms with van der Waals surface area (Å²) >= 11 is 0. The van der Waals surface area contributed by atoms with Crippen molar-refractivity contribution in [2.24, 2.45) is 5.92 Å². The molecule has 43 heavy (non-hydrogen) atoms. The van der Waals surface area contributed by atoms with E-state index in [1.165, 1.54) is 0 Å². The van der Waals surface area contributed by atoms with Gasteiger partial charge in [-0.1, -0.05) is 106 Å². The first-order valence-electron chi connectivity index (χ1n) is 15.6. The molecule has 234 valence electrons. The molecule has 1 unspecified atom stereocenters. The number of esters is 2. The Hall–Kier alpha value is -3.93. The summed E-state index contributed by atoms with van der Waals surface area (Å²) in [6, 6.07) is 5.62. The Labute approximate surface area is 259 Å². The normalized spacial score (nSPS) is 13.0. The summed E-state index contributed by atoms with van der Waals surface area (Å²) in [4.78, 5) is 37.7. The molecule has 1 amide bonds. The molecular formula is C37H51NO5. The number of benzene rings is 1. The average Bonchev–Trinajstić information content (AvgIpc) is 2.98. The SMILES string of the molecule is CCC=CCC=CCC=CCC=CCC=CCC=CCCC(=O)NC(CC(C)C)C(=O)Oc1ccccc1C(=O)OCC. The Morgan fingerprint density at radius 2 is 1.26 bits per heavy atom. The fourth-order valence-corrected chi connectivity index (χ4v) is 3.92. The maximum Gasteiger partial charge on any atom is 0.341 e. The van der Waals surface area contributed by atoms with Gasteiger partial charge in [-0.15, -0.1) is 0 Å². The molecule has 0 heterocycles. The Morgan fingerprint density at radius 3 is 1.77 bits per heavy atom. The van der Waals surface area contributed by atoms with Gasteiger partial charge in [0.05, 0.1) is 6.61 Å². The van der Waals surface area contributed by atoms with E-state index in [0.717, 1.165) is 38.5 Å². The first kappa shape index (κ1) is 37.1. The largest absolute Gasteiger partial charge is 0.462 e. The van der Waals surface area contributed by atoms with Crippen molar-refractivity contribution in [2.75, 3.05) is 6.61 Å². The smallest absolute Gasteiger partial charge is 0.341 e. The first-order chi connectivity index (χ1) is 20.9. The van der Waals surface area contributed by atoms with E-state index in [2.05, 4.69) is 73.0 Å². The highest BCUT2D eigenvalue weighted by Gasteiger charge is 2.25. The summed E-state index contributed by atoms with van der Waals surface area (Å²) < 4.78 is 10.6. The van der Waals surface area contributed by atoms with Gasteiger partial charge in [-0.05, 0) is 76.3 Å². The van der Waals surface area contributed by atoms with Gasteiger partial charge in [-0.3, -0.25) is 4.79 Å². The van der Waals surface area contributed by atoms with E-state index in [1.807, 2.05) is 26.0 Å². The molecule has 0 radical (unpaired) electrons. The van der Waals surface area contributed by atoms with E-state index in [4.69, 9.17) is 9.47 Å². The lowest BCUT2D eigenvalue weighted by Gasteiger charge is -2.20. The van der Waals surface area contributed by atoms with Crippen LogP contribution in [0.4, 0.5) is 0 Å². The lowest BCUT2D eigenvalue weighted by Crippen LogP contribution is -2.43. The third kappa shape index (κ3) is 19.0. The van der Waals surface area contributed by atoms with E-state index < -0.39 is 18.0 Å². The molecule has 1 N–H and O–H groups in total. The molecule has 1 rings (SSSR count). The van der Waals surface area contributed by atoms with Crippen LogP contribution in [-0.4, -0.2) is 30.5 Å². The quantitative estimate of drug-likeness (QED) is 0.0880. The third-order valence-corrected chi connectivity index (χ3v) is 6.05. The minimum absolute atomic E-state index is 0.118. The molecule has 0 aliphatic carbocycles. The van der Waals surface area contributed by atoms with Gasteiger partial charge < -0.3 is 14.8 Å². The number of rotatable bonds is 21. The molecule has 0 spiro atoms. The maximum absolute atomic E-state index is 12.9. The van der Waals surface area contributed by atoms with Gasteiger partial charge >= 0.3 is 11.9 Å². The Balaban J connectivity index is 2.37. The monoisotopic (exact) mass is 589 g/mol. The Kier molecular flexibility index (Phi) is 21.3. The van der Waals surface area contributed by atoms with Gasteiger partial charge in [-0.2, -0.15) is 0 Å². The second-order valence-corrected chi connectivity index (χ2v) is 10.3. The number of nitrogens with one attached hydrogen (secondary N) is 1. The van der Waals surface area contributed by atoms with Crippen LogP contribution in [0, 0.1) is 5.92 Å². The van der Waals surface area contributed by atoms with Gasteiger partial charge in [0, 0.05) is 6.42 Å². The van der Waals surface area contributed by atoms with Crippen LogP contribution >= 0.6 is 0 Å². The van der Waals surface area contributed by atoms with Crippen molar-refractivity contribution in [3.8, 4) is 5.75 Å². The number of hydrogen-bond donors (Lipinski definition) is 1. The van der Waals surface area contributed by atoms with Crippen molar-refractivity contribution in [1.29, 1.82) is 0 Å². The second kappa shape index (κ2) is 24.6. The molecule has 0 aliphatic heterocycles. The van der Waals surface area contributed by atoms with Gasteiger partial charge in [-0.25, -0.2) is 9.59 Å². The van der Waals surface area contributed by atoms with Crippen LogP contribution in [0.25, 0.3) is 0 Å². The van der Waals surface area contributed by atoms with Crippen molar-refractivity contribution >= 4 is 17.8 Å². The summed E-state index contributed by atoms with van der Waals surface area (Å²) in [6.45, 7) is 8.00. The van der Waals surface area contributed by atoms with Crippen molar-refractivity contribution in [1.82, 2.24) is 5.32 Å². The van der Waals surface area contributed by atoms with E-state index in [-0.39, 0.29) is 36.2 Å². The van der Waals surface area contributed by atoms with Crippen molar-refractivity contribution in [3.63, 3.8) is 0 Å². The summed E-state index contributed by atoms with van der Waals surface area (Å²) in [5, 5.41) is 2.81. The van der Waals surface area contributed by atoms with Crippen LogP contribution < -0.4 is 10.1 Å². The summed E-state index contributed by atoms with van der Waals surface area (Å²) in [5.74, 6) is -1.12. The van der Waals surface area contributed by atoms with Crippen LogP contribution in [0.15, 0.2) is 97.2 Å². The zero-order valence-corrected chi connectivity index (χ0v) is 26.5. The predicted molar refractivity (Wildman–Crippen MR) is 177 cm³/mol. The number of amides is 1. The number of ether oxygens (including phenoxy) is 2. The minimum atomic E-state index is -0.812. The molecule has 0 fully saturated rings. The minimum Gasteiger partial charge on any atom is -0.462 e. The molecule has 1 aromatic carbocycles. The maximum atomic E-state index is 12.9. The topological polar surface area (TPSA) is 81.7 Å². The van der Waals surface area contributed by atoms with Gasteiger partial charge in [0.15, 0.2) is 0 Å². The van der Waals surface area contributed by atoms with Crippen molar-refractivity contribution in [2.45, 2.75) is 91.5 Å². The molecule has 0 saturated heterocycles. The fourth-order valence-electron chi connectivity index (χ4n) is 3.92. The molecule has 1 atom stereocenters. The highest BCUT2D eigenvalue weighted by atomic mass is 16.5. The molecule has 0 aliphatic rings. The van der Waals surface area contributed by atoms with Crippen LogP contribution in [0.5, 0.6) is 5.75 Å². The molecule has 0 saturated carbocycles. The van der Waals surface area contributed by atoms with Crippen LogP contribution in [0.3, 0.4) is 0 Å². The fraction of sp³-hybridized carbons (Fsp3) is 0.432. The van der Waals surface area contributed by atoms with Gasteiger partial charge in [0.1, 0.15) is 17.4 Å². The van der Waals surface area contributed by atoms with Crippen molar-refractivity contribution in [3.05, 3.63) is 103 Å². The molecular weight excluding hydrogens is 538 g/mol. The Bertz CT molecular complexity index is 1120. The zero-order chi connectivity index (χ0) is 31.5. The second-order valence-electron chi connectivity index (χ2n) is 10.3. The van der Waals surface area contributed by atoms with E-state index in [1.54, 1.807) is 31.2 Å². The molecule has 1 aromatic rings. The van der Waals surface area contributed by atoms with E-state index in [9.17, 15) is 14.4 Å². The lowest BCUT2D eigenvalue weighted by molar-refractivity contribution is -0.139. The van der Waals surface area contributed by atoms with Crippen LogP contribution in [0.2, 0.25) is 0 Å². The average molecular weight is 590 g/mol. The third-order valence-electron chi connectivity index (χ3n) is 6.05. The molecule has 0 bridgehead atoms. The predicted octanol–water partition coefficient (Wildman–Crippen LogP) is 8.78. The van der Waals surface area contributed by atoms with Crippen molar-refractivity contribution < 1.29 is 23.9 Å². The number of para-hydroxylation sites is 1. The number of allylic oxidation sites excluding steroid dienone is 12. The molecule has 6 nitrogen and oxygen atoms in total. The van der Waals surface area contributed by atoms with Gasteiger partial charge in [0.2, 0.25) is 5.91 Å². The number of hydrogen-bond acceptors (Lipinski definition) is 5. The highest BCUT2D eigenvalue weighted by Crippen LogP contribution is 2.20. The Morgan fingerprint density at radius 1 is 0.744 bits per heavy atom. The molecule has 0 aromatic heterocycles. The van der Waals surface area contributed by atoms with E-state index in [0.29, 0.717) is 12.8 Å². The summed E-state index contributed by atoms with van der Waals surface area (Å²) in [7, 11) is 0. The zero-order valence-electron chi connectivity index (χ0n) is 26.5. The number of carbonyl (C=O) groups excluding carboxylic acids is 3. The van der Waals surface area contributed by atoms with Crippen LogP contribution in [-0.2, 0) is 14.3 Å².